The van der Waals surface area contributed by atoms with E-state index in [1.165, 1.54) is 0 Å². The van der Waals surface area contributed by atoms with Gasteiger partial charge in [0.1, 0.15) is 11.5 Å². The molecule has 0 aromatic carbocycles. The topological polar surface area (TPSA) is 43.6 Å². The van der Waals surface area contributed by atoms with Gasteiger partial charge >= 0.3 is 0 Å². The smallest absolute Gasteiger partial charge is 0.118 e. The second-order valence-corrected chi connectivity index (χ2v) is 5.98. The molecular weight excluding hydrogens is 254 g/mol. The molecule has 1 aromatic heterocycles. The van der Waals surface area contributed by atoms with Gasteiger partial charge in [0.25, 0.3) is 0 Å². The lowest BCUT2D eigenvalue weighted by Crippen LogP contribution is -2.21. The number of rotatable bonds is 9. The van der Waals surface area contributed by atoms with Gasteiger partial charge in [-0.05, 0) is 46.7 Å². The summed E-state index contributed by atoms with van der Waals surface area (Å²) in [5.74, 6) is 1.91. The van der Waals surface area contributed by atoms with E-state index in [-0.39, 0.29) is 5.60 Å². The molecule has 1 aromatic rings. The van der Waals surface area contributed by atoms with Crippen LogP contribution in [-0.2, 0) is 22.6 Å². The Morgan fingerprint density at radius 3 is 2.65 bits per heavy atom. The summed E-state index contributed by atoms with van der Waals surface area (Å²) in [6.45, 7) is 13.9. The summed E-state index contributed by atoms with van der Waals surface area (Å²) in [4.78, 5) is 0. The molecule has 0 spiro atoms. The van der Waals surface area contributed by atoms with Crippen molar-refractivity contribution in [3.63, 3.8) is 0 Å². The Morgan fingerprint density at radius 2 is 2.00 bits per heavy atom. The summed E-state index contributed by atoms with van der Waals surface area (Å²) in [7, 11) is 0. The summed E-state index contributed by atoms with van der Waals surface area (Å²) in [5, 5.41) is 3.33. The van der Waals surface area contributed by atoms with Crippen LogP contribution >= 0.6 is 0 Å². The molecule has 4 nitrogen and oxygen atoms in total. The maximum absolute atomic E-state index is 5.70. The van der Waals surface area contributed by atoms with E-state index in [0.717, 1.165) is 36.6 Å². The van der Waals surface area contributed by atoms with Gasteiger partial charge in [-0.1, -0.05) is 6.92 Å². The van der Waals surface area contributed by atoms with Crippen molar-refractivity contribution in [2.75, 3.05) is 19.8 Å². The first-order valence-electron chi connectivity index (χ1n) is 7.43. The second kappa shape index (κ2) is 8.45. The number of hydrogen-bond donors (Lipinski definition) is 1. The predicted molar refractivity (Wildman–Crippen MR) is 80.8 cm³/mol. The van der Waals surface area contributed by atoms with Crippen LogP contribution in [0, 0.1) is 6.92 Å². The first-order chi connectivity index (χ1) is 9.42. The molecule has 0 atom stereocenters. The summed E-state index contributed by atoms with van der Waals surface area (Å²) in [5.41, 5.74) is 1.02. The molecule has 0 radical (unpaired) electrons. The van der Waals surface area contributed by atoms with Gasteiger partial charge in [-0.25, -0.2) is 0 Å². The molecule has 1 heterocycles. The van der Waals surface area contributed by atoms with Gasteiger partial charge in [0.15, 0.2) is 0 Å². The minimum Gasteiger partial charge on any atom is -0.465 e. The fourth-order valence-corrected chi connectivity index (χ4v) is 1.80. The number of aryl methyl sites for hydroxylation is 1. The molecule has 0 bridgehead atoms. The molecule has 0 fully saturated rings. The Hall–Kier alpha value is -0.840. The first-order valence-corrected chi connectivity index (χ1v) is 7.43. The molecule has 0 aliphatic heterocycles. The lowest BCUT2D eigenvalue weighted by molar-refractivity contribution is -0.0378. The van der Waals surface area contributed by atoms with E-state index in [1.807, 2.05) is 27.7 Å². The molecule has 116 valence electrons. The van der Waals surface area contributed by atoms with Crippen LogP contribution in [0.15, 0.2) is 10.5 Å². The van der Waals surface area contributed by atoms with Gasteiger partial charge in [0.05, 0.1) is 32.0 Å². The average Bonchev–Trinajstić information content (AvgIpc) is 2.69. The predicted octanol–water partition coefficient (Wildman–Crippen LogP) is 3.42. The molecule has 1 N–H and O–H groups in total. The van der Waals surface area contributed by atoms with E-state index in [1.54, 1.807) is 0 Å². The van der Waals surface area contributed by atoms with E-state index < -0.39 is 0 Å². The Bertz CT molecular complexity index is 380. The van der Waals surface area contributed by atoms with Gasteiger partial charge in [0, 0.05) is 5.56 Å². The lowest BCUT2D eigenvalue weighted by atomic mass is 10.2. The minimum atomic E-state index is -0.104. The van der Waals surface area contributed by atoms with Gasteiger partial charge in [-0.3, -0.25) is 0 Å². The van der Waals surface area contributed by atoms with Crippen LogP contribution in [0.1, 0.15) is 51.2 Å². The highest BCUT2D eigenvalue weighted by atomic mass is 16.5. The van der Waals surface area contributed by atoms with Crippen molar-refractivity contribution in [2.24, 2.45) is 0 Å². The van der Waals surface area contributed by atoms with Crippen molar-refractivity contribution >= 4 is 0 Å². The largest absolute Gasteiger partial charge is 0.465 e. The molecule has 0 saturated carbocycles. The summed E-state index contributed by atoms with van der Waals surface area (Å²) in [6.07, 6.45) is 1.13. The maximum atomic E-state index is 5.70. The summed E-state index contributed by atoms with van der Waals surface area (Å²) < 4.78 is 16.9. The zero-order valence-corrected chi connectivity index (χ0v) is 13.5. The standard InChI is InChI=1S/C16H29NO3/c1-6-7-17-11-15-10-14(13(2)20-15)12-18-8-9-19-16(3,4)5/h10,17H,6-9,11-12H2,1-5H3. The molecule has 0 aliphatic carbocycles. The Morgan fingerprint density at radius 1 is 1.25 bits per heavy atom. The highest BCUT2D eigenvalue weighted by molar-refractivity contribution is 5.19. The van der Waals surface area contributed by atoms with E-state index in [9.17, 15) is 0 Å². The number of nitrogens with one attached hydrogen (secondary N) is 1. The molecule has 0 unspecified atom stereocenters. The molecule has 0 aliphatic rings. The van der Waals surface area contributed by atoms with Gasteiger partial charge < -0.3 is 19.2 Å². The van der Waals surface area contributed by atoms with Crippen LogP contribution in [0.2, 0.25) is 0 Å². The Labute approximate surface area is 122 Å². The molecular formula is C16H29NO3. The number of ether oxygens (including phenoxy) is 2. The van der Waals surface area contributed by atoms with Crippen molar-refractivity contribution in [1.29, 1.82) is 0 Å². The molecule has 0 saturated heterocycles. The third-order valence-corrected chi connectivity index (χ3v) is 2.82. The molecule has 20 heavy (non-hydrogen) atoms. The fraction of sp³-hybridized carbons (Fsp3) is 0.750. The summed E-state index contributed by atoms with van der Waals surface area (Å²) >= 11 is 0. The molecule has 4 heteroatoms. The number of furan rings is 1. The van der Waals surface area contributed by atoms with E-state index in [0.29, 0.717) is 19.8 Å². The quantitative estimate of drug-likeness (QED) is 0.705. The van der Waals surface area contributed by atoms with Gasteiger partial charge in [-0.15, -0.1) is 0 Å². The minimum absolute atomic E-state index is 0.104. The van der Waals surface area contributed by atoms with Gasteiger partial charge in [-0.2, -0.15) is 0 Å². The van der Waals surface area contributed by atoms with Crippen LogP contribution in [0.5, 0.6) is 0 Å². The van der Waals surface area contributed by atoms with Crippen LogP contribution in [0.4, 0.5) is 0 Å². The zero-order chi connectivity index (χ0) is 15.0. The maximum Gasteiger partial charge on any atom is 0.118 e. The van der Waals surface area contributed by atoms with Crippen molar-refractivity contribution in [3.8, 4) is 0 Å². The highest BCUT2D eigenvalue weighted by Gasteiger charge is 2.10. The van der Waals surface area contributed by atoms with E-state index in [4.69, 9.17) is 13.9 Å². The lowest BCUT2D eigenvalue weighted by Gasteiger charge is -2.19. The van der Waals surface area contributed by atoms with E-state index >= 15 is 0 Å². The van der Waals surface area contributed by atoms with E-state index in [2.05, 4.69) is 18.3 Å². The monoisotopic (exact) mass is 283 g/mol. The van der Waals surface area contributed by atoms with Gasteiger partial charge in [0.2, 0.25) is 0 Å². The normalized spacial score (nSPS) is 12.1. The van der Waals surface area contributed by atoms with Crippen LogP contribution < -0.4 is 5.32 Å². The SMILES string of the molecule is CCCNCc1cc(COCCOC(C)(C)C)c(C)o1. The zero-order valence-electron chi connectivity index (χ0n) is 13.5. The molecule has 0 amide bonds. The number of hydrogen-bond acceptors (Lipinski definition) is 4. The van der Waals surface area contributed by atoms with Crippen LogP contribution in [-0.4, -0.2) is 25.4 Å². The van der Waals surface area contributed by atoms with Crippen molar-refractivity contribution < 1.29 is 13.9 Å². The first kappa shape index (κ1) is 17.2. The average molecular weight is 283 g/mol. The van der Waals surface area contributed by atoms with Crippen molar-refractivity contribution in [2.45, 2.75) is 59.8 Å². The third kappa shape index (κ3) is 7.08. The van der Waals surface area contributed by atoms with Crippen molar-refractivity contribution in [3.05, 3.63) is 23.2 Å². The third-order valence-electron chi connectivity index (χ3n) is 2.82. The Balaban J connectivity index is 2.26. The second-order valence-electron chi connectivity index (χ2n) is 5.98. The Kier molecular flexibility index (Phi) is 7.27. The summed E-state index contributed by atoms with van der Waals surface area (Å²) in [6, 6.07) is 2.07. The van der Waals surface area contributed by atoms with Crippen LogP contribution in [0.25, 0.3) is 0 Å². The molecule has 1 rings (SSSR count). The van der Waals surface area contributed by atoms with Crippen molar-refractivity contribution in [1.82, 2.24) is 5.32 Å². The fourth-order valence-electron chi connectivity index (χ4n) is 1.80. The highest BCUT2D eigenvalue weighted by Crippen LogP contribution is 2.15. The van der Waals surface area contributed by atoms with Crippen LogP contribution in [0.3, 0.4) is 0 Å².